The number of nitrogens with zero attached hydrogens (tertiary/aromatic N) is 3. The van der Waals surface area contributed by atoms with Crippen LogP contribution in [-0.4, -0.2) is 73.2 Å². The number of rotatable bonds is 8. The summed E-state index contributed by atoms with van der Waals surface area (Å²) in [6, 6.07) is 0. The van der Waals surface area contributed by atoms with Gasteiger partial charge in [-0.25, -0.2) is 23.7 Å². The third-order valence-electron chi connectivity index (χ3n) is 4.75. The molecule has 1 aliphatic rings. The normalized spacial score (nSPS) is 28.8. The zero-order chi connectivity index (χ0) is 27.3. The molecule has 1 aliphatic heterocycles. The van der Waals surface area contributed by atoms with E-state index < -0.39 is 53.6 Å². The number of fused-ring (bicyclic) bond motifs is 1. The largest absolute Gasteiger partial charge is 0.490 e. The zero-order valence-electron chi connectivity index (χ0n) is 18.5. The lowest BCUT2D eigenvalue weighted by Crippen LogP contribution is -2.47. The highest BCUT2D eigenvalue weighted by Gasteiger charge is 2.58. The summed E-state index contributed by atoms with van der Waals surface area (Å²) < 4.78 is 53.8. The molecule has 3 heterocycles. The number of nitrogens with one attached hydrogen (secondary N) is 1. The molecule has 3 unspecified atom stereocenters. The fraction of sp³-hybridized carbons (Fsp3) is 0.533. The van der Waals surface area contributed by atoms with E-state index in [0.717, 1.165) is 6.92 Å². The van der Waals surface area contributed by atoms with Gasteiger partial charge in [-0.1, -0.05) is 18.1 Å². The molecule has 1 saturated heterocycles. The molecule has 0 radical (unpaired) electrons. The predicted molar refractivity (Wildman–Crippen MR) is 120 cm³/mol. The lowest BCUT2D eigenvalue weighted by Gasteiger charge is -2.27. The molecular weight excluding hydrogens is 569 g/mol. The van der Waals surface area contributed by atoms with Crippen molar-refractivity contribution in [1.82, 2.24) is 19.5 Å². The third-order valence-corrected chi connectivity index (χ3v) is 8.96. The van der Waals surface area contributed by atoms with E-state index in [-0.39, 0.29) is 15.8 Å². The van der Waals surface area contributed by atoms with E-state index >= 15 is 0 Å². The summed E-state index contributed by atoms with van der Waals surface area (Å²) in [5, 5.41) is 22.1. The fourth-order valence-corrected chi connectivity index (χ4v) is 6.98. The van der Waals surface area contributed by atoms with Crippen molar-refractivity contribution < 1.29 is 61.4 Å². The minimum Gasteiger partial charge on any atom is -0.386 e. The molecule has 2 aromatic rings. The van der Waals surface area contributed by atoms with Gasteiger partial charge in [-0.15, -0.1) is 5.92 Å². The van der Waals surface area contributed by atoms with Crippen molar-refractivity contribution in [1.29, 1.82) is 0 Å². The van der Waals surface area contributed by atoms with Crippen LogP contribution in [0, 0.1) is 23.4 Å². The highest BCUT2D eigenvalue weighted by Crippen LogP contribution is 2.66. The number of aliphatic hydroxyl groups is 2. The van der Waals surface area contributed by atoms with Gasteiger partial charge in [0.2, 0.25) is 0 Å². The molecular formula is C15H21N4O13P3S. The molecule has 2 aromatic heterocycles. The average Bonchev–Trinajstić information content (AvgIpc) is 3.18. The summed E-state index contributed by atoms with van der Waals surface area (Å²) in [5.74, 6) is 5.29. The van der Waals surface area contributed by atoms with Crippen molar-refractivity contribution in [2.24, 2.45) is 0 Å². The van der Waals surface area contributed by atoms with Crippen LogP contribution in [0.25, 0.3) is 11.2 Å². The van der Waals surface area contributed by atoms with Crippen molar-refractivity contribution in [2.45, 2.75) is 50.9 Å². The van der Waals surface area contributed by atoms with Crippen LogP contribution in [0.2, 0.25) is 0 Å². The lowest BCUT2D eigenvalue weighted by atomic mass is 9.93. The number of aromatic amines is 1. The number of aliphatic hydroxyl groups excluding tert-OH is 1. The van der Waals surface area contributed by atoms with Crippen molar-refractivity contribution >= 4 is 46.8 Å². The molecule has 3 rings (SSSR count). The summed E-state index contributed by atoms with van der Waals surface area (Å²) in [6.07, 6.45) is -5.38. The Morgan fingerprint density at radius 1 is 1.25 bits per heavy atom. The highest BCUT2D eigenvalue weighted by molar-refractivity contribution is 7.71. The molecule has 1 fully saturated rings. The fourth-order valence-electron chi connectivity index (χ4n) is 3.50. The van der Waals surface area contributed by atoms with Gasteiger partial charge in [0.05, 0.1) is 12.4 Å². The van der Waals surface area contributed by atoms with Crippen molar-refractivity contribution in [3.05, 3.63) is 16.8 Å². The van der Waals surface area contributed by atoms with Crippen molar-refractivity contribution in [2.75, 3.05) is 0 Å². The molecule has 0 bridgehead atoms. The Bertz CT molecular complexity index is 1430. The van der Waals surface area contributed by atoms with Crippen LogP contribution < -0.4 is 0 Å². The van der Waals surface area contributed by atoms with Gasteiger partial charge >= 0.3 is 23.5 Å². The number of ether oxygens (including phenoxy) is 1. The second-order valence-electron chi connectivity index (χ2n) is 7.48. The average molecular weight is 590 g/mol. The molecule has 0 saturated carbocycles. The molecule has 0 amide bonds. The van der Waals surface area contributed by atoms with E-state index in [4.69, 9.17) is 31.3 Å². The van der Waals surface area contributed by atoms with Gasteiger partial charge in [-0.2, -0.15) is 8.62 Å². The van der Waals surface area contributed by atoms with Crippen LogP contribution in [-0.2, 0) is 31.6 Å². The smallest absolute Gasteiger partial charge is 0.386 e. The first-order valence-electron chi connectivity index (χ1n) is 9.64. The van der Waals surface area contributed by atoms with Gasteiger partial charge in [0.25, 0.3) is 0 Å². The number of hydrogen-bond acceptors (Lipinski definition) is 12. The minimum atomic E-state index is -5.77. The molecule has 21 heteroatoms. The molecule has 36 heavy (non-hydrogen) atoms. The Hall–Kier alpha value is -1.38. The van der Waals surface area contributed by atoms with Gasteiger partial charge in [0.15, 0.2) is 16.5 Å². The van der Waals surface area contributed by atoms with E-state index in [1.54, 1.807) is 6.92 Å². The van der Waals surface area contributed by atoms with Crippen LogP contribution >= 0.6 is 35.7 Å². The Balaban J connectivity index is 1.92. The zero-order valence-corrected chi connectivity index (χ0v) is 22.0. The number of aromatic nitrogens is 4. The van der Waals surface area contributed by atoms with Crippen molar-refractivity contribution in [3.8, 4) is 11.8 Å². The van der Waals surface area contributed by atoms with E-state index in [1.165, 1.54) is 17.8 Å². The summed E-state index contributed by atoms with van der Waals surface area (Å²) >= 11 is 5.18. The standard InChI is InChI=1S/C15H21N4O13P3S/c1-4-5-15(21)11(20)10(7(2)30-34(25,26)32-35(27,28)31-33(22,23)24)29-14(15)19-6-16-9-12(19)17-8(3)18-13(9)36/h6-7,10-11,14,20-21H,1-3H3,(H,25,26)(H,27,28)(H,17,18,36)(H2,22,23,24)/t7-,10+,11-,14+,15?/m0/s1. The van der Waals surface area contributed by atoms with Gasteiger partial charge in [-0.05, 0) is 20.8 Å². The van der Waals surface area contributed by atoms with E-state index in [1.807, 2.05) is 0 Å². The first kappa shape index (κ1) is 29.2. The molecule has 0 aromatic carbocycles. The van der Waals surface area contributed by atoms with Gasteiger partial charge < -0.3 is 39.5 Å². The molecule has 17 nitrogen and oxygen atoms in total. The molecule has 7 N–H and O–H groups in total. The van der Waals surface area contributed by atoms with Crippen LogP contribution in [0.15, 0.2) is 6.33 Å². The topological polar surface area (TPSA) is 256 Å². The third kappa shape index (κ3) is 6.18. The Kier molecular flexibility index (Phi) is 8.16. The van der Waals surface area contributed by atoms with Gasteiger partial charge in [-0.3, -0.25) is 9.09 Å². The monoisotopic (exact) mass is 590 g/mol. The van der Waals surface area contributed by atoms with Crippen LogP contribution in [0.3, 0.4) is 0 Å². The number of phosphoric acid groups is 3. The Morgan fingerprint density at radius 3 is 2.47 bits per heavy atom. The maximum Gasteiger partial charge on any atom is 0.490 e. The summed E-state index contributed by atoms with van der Waals surface area (Å²) in [5.41, 5.74) is -1.83. The second-order valence-corrected chi connectivity index (χ2v) is 12.2. The van der Waals surface area contributed by atoms with Crippen molar-refractivity contribution in [3.63, 3.8) is 0 Å². The number of hydrogen-bond donors (Lipinski definition) is 7. The number of imidazole rings is 1. The maximum atomic E-state index is 12.2. The number of H-pyrrole nitrogens is 1. The van der Waals surface area contributed by atoms with Crippen LogP contribution in [0.1, 0.15) is 25.9 Å². The van der Waals surface area contributed by atoms with E-state index in [2.05, 4.69) is 35.4 Å². The van der Waals surface area contributed by atoms with Gasteiger partial charge in [0, 0.05) is 0 Å². The molecule has 7 atom stereocenters. The Morgan fingerprint density at radius 2 is 1.89 bits per heavy atom. The Labute approximate surface area is 207 Å². The van der Waals surface area contributed by atoms with Crippen LogP contribution in [0.4, 0.5) is 0 Å². The number of aryl methyl sites for hydroxylation is 1. The van der Waals surface area contributed by atoms with E-state index in [0.29, 0.717) is 5.82 Å². The highest BCUT2D eigenvalue weighted by atomic mass is 32.1. The molecule has 0 spiro atoms. The van der Waals surface area contributed by atoms with Gasteiger partial charge in [0.1, 0.15) is 29.2 Å². The van der Waals surface area contributed by atoms with Crippen LogP contribution in [0.5, 0.6) is 0 Å². The lowest BCUT2D eigenvalue weighted by molar-refractivity contribution is -0.0831. The first-order chi connectivity index (χ1) is 16.4. The molecule has 0 aliphatic carbocycles. The number of phosphoric ester groups is 1. The summed E-state index contributed by atoms with van der Waals surface area (Å²) in [4.78, 5) is 47.5. The van der Waals surface area contributed by atoms with E-state index in [9.17, 15) is 33.7 Å². The second kappa shape index (κ2) is 10.1. The minimum absolute atomic E-state index is 0.140. The summed E-state index contributed by atoms with van der Waals surface area (Å²) in [7, 11) is -16.9. The predicted octanol–water partition coefficient (Wildman–Crippen LogP) is 0.542. The maximum absolute atomic E-state index is 12.2. The quantitative estimate of drug-likeness (QED) is 0.126. The SMILES string of the molecule is CC#CC1(O)[C@@H](O)[C@@H]([C@H](C)OP(=O)(O)OP(=O)(O)OP(=O)(O)O)O[C@H]1n1cnc2c(=S)nc(C)[nH]c21. The first-order valence-corrected chi connectivity index (χ1v) is 14.6. The summed E-state index contributed by atoms with van der Waals surface area (Å²) in [6.45, 7) is 4.07. The molecule has 200 valence electrons.